The van der Waals surface area contributed by atoms with E-state index >= 15 is 0 Å². The molecule has 0 saturated carbocycles. The molecule has 0 spiro atoms. The van der Waals surface area contributed by atoms with Crippen molar-refractivity contribution in [2.45, 2.75) is 6.42 Å². The van der Waals surface area contributed by atoms with Gasteiger partial charge in [-0.15, -0.1) is 0 Å². The summed E-state index contributed by atoms with van der Waals surface area (Å²) in [5.41, 5.74) is 2.05. The fourth-order valence-electron chi connectivity index (χ4n) is 1.53. The third-order valence-corrected chi connectivity index (χ3v) is 2.58. The third-order valence-electron chi connectivity index (χ3n) is 2.28. The van der Waals surface area contributed by atoms with Crippen molar-refractivity contribution in [1.29, 1.82) is 0 Å². The largest absolute Gasteiger partial charge is 0.384 e. The first-order valence-electron chi connectivity index (χ1n) is 4.70. The Morgan fingerprint density at radius 3 is 3.00 bits per heavy atom. The molecule has 0 amide bonds. The van der Waals surface area contributed by atoms with Gasteiger partial charge < -0.3 is 4.74 Å². The summed E-state index contributed by atoms with van der Waals surface area (Å²) >= 11 is 5.98. The van der Waals surface area contributed by atoms with Crippen molar-refractivity contribution in [1.82, 2.24) is 9.97 Å². The number of ether oxygens (including phenoxy) is 1. The second kappa shape index (κ2) is 4.55. The highest BCUT2D eigenvalue weighted by molar-refractivity contribution is 6.34. The molecule has 0 aliphatic heterocycles. The summed E-state index contributed by atoms with van der Waals surface area (Å²) in [6, 6.07) is 5.92. The van der Waals surface area contributed by atoms with Crippen LogP contribution in [0, 0.1) is 0 Å². The Hall–Kier alpha value is -1.19. The minimum atomic E-state index is 0.499. The Bertz CT molecular complexity index is 473. The monoisotopic (exact) mass is 222 g/mol. The van der Waals surface area contributed by atoms with Crippen LogP contribution in [-0.2, 0) is 11.2 Å². The van der Waals surface area contributed by atoms with Gasteiger partial charge in [-0.25, -0.2) is 9.97 Å². The molecule has 0 atom stereocenters. The molecule has 0 bridgehead atoms. The summed E-state index contributed by atoms with van der Waals surface area (Å²) in [5.74, 6) is 0. The van der Waals surface area contributed by atoms with Crippen LogP contribution < -0.4 is 0 Å². The van der Waals surface area contributed by atoms with E-state index in [1.54, 1.807) is 7.11 Å². The van der Waals surface area contributed by atoms with E-state index < -0.39 is 0 Å². The molecule has 0 unspecified atom stereocenters. The lowest BCUT2D eigenvalue weighted by atomic mass is 10.1. The highest BCUT2D eigenvalue weighted by Crippen LogP contribution is 2.22. The van der Waals surface area contributed by atoms with Crippen molar-refractivity contribution in [3.8, 4) is 0 Å². The molecule has 0 N–H and O–H groups in total. The molecule has 0 saturated heterocycles. The van der Waals surface area contributed by atoms with Gasteiger partial charge in [0.05, 0.1) is 12.1 Å². The molecule has 0 aliphatic rings. The first-order chi connectivity index (χ1) is 7.33. The van der Waals surface area contributed by atoms with Gasteiger partial charge in [0, 0.05) is 12.5 Å². The zero-order valence-corrected chi connectivity index (χ0v) is 9.16. The first kappa shape index (κ1) is 10.3. The molecule has 0 radical (unpaired) electrons. The van der Waals surface area contributed by atoms with E-state index in [-0.39, 0.29) is 0 Å². The average molecular weight is 223 g/mol. The molecule has 0 fully saturated rings. The molecule has 1 aromatic heterocycles. The van der Waals surface area contributed by atoms with Crippen molar-refractivity contribution < 1.29 is 4.74 Å². The van der Waals surface area contributed by atoms with Crippen molar-refractivity contribution in [3.63, 3.8) is 0 Å². The highest BCUT2D eigenvalue weighted by atomic mass is 35.5. The van der Waals surface area contributed by atoms with Crippen LogP contribution in [0.5, 0.6) is 0 Å². The lowest BCUT2D eigenvalue weighted by Gasteiger charge is -2.05. The topological polar surface area (TPSA) is 35.0 Å². The van der Waals surface area contributed by atoms with Crippen molar-refractivity contribution >= 4 is 22.5 Å². The molecule has 4 heteroatoms. The highest BCUT2D eigenvalue weighted by Gasteiger charge is 2.05. The zero-order chi connectivity index (χ0) is 10.7. The number of benzene rings is 1. The number of halogens is 1. The minimum Gasteiger partial charge on any atom is -0.384 e. The first-order valence-corrected chi connectivity index (χ1v) is 5.08. The van der Waals surface area contributed by atoms with Crippen molar-refractivity contribution in [3.05, 3.63) is 35.2 Å². The molecular weight excluding hydrogens is 212 g/mol. The maximum Gasteiger partial charge on any atom is 0.140 e. The molecule has 2 aromatic rings. The van der Waals surface area contributed by atoms with Crippen LogP contribution in [0.4, 0.5) is 0 Å². The van der Waals surface area contributed by atoms with Gasteiger partial charge in [0.2, 0.25) is 0 Å². The number of hydrogen-bond donors (Lipinski definition) is 0. The Morgan fingerprint density at radius 2 is 2.20 bits per heavy atom. The third kappa shape index (κ3) is 2.08. The van der Waals surface area contributed by atoms with Crippen LogP contribution >= 0.6 is 11.6 Å². The van der Waals surface area contributed by atoms with Crippen molar-refractivity contribution in [2.75, 3.05) is 13.7 Å². The number of hydrogen-bond acceptors (Lipinski definition) is 3. The molecular formula is C11H11ClN2O. The Kier molecular flexibility index (Phi) is 3.14. The van der Waals surface area contributed by atoms with Crippen LogP contribution in [0.25, 0.3) is 10.9 Å². The quantitative estimate of drug-likeness (QED) is 0.749. The molecule has 0 aliphatic carbocycles. The fourth-order valence-corrected chi connectivity index (χ4v) is 1.73. The fraction of sp³-hybridized carbons (Fsp3) is 0.273. The molecule has 1 heterocycles. The van der Waals surface area contributed by atoms with Crippen LogP contribution in [0.2, 0.25) is 5.15 Å². The van der Waals surface area contributed by atoms with E-state index in [0.717, 1.165) is 22.9 Å². The molecule has 78 valence electrons. The number of aromatic nitrogens is 2. The molecule has 15 heavy (non-hydrogen) atoms. The smallest absolute Gasteiger partial charge is 0.140 e. The van der Waals surface area contributed by atoms with Gasteiger partial charge in [-0.3, -0.25) is 0 Å². The summed E-state index contributed by atoms with van der Waals surface area (Å²) in [4.78, 5) is 8.20. The van der Waals surface area contributed by atoms with Gasteiger partial charge in [0.1, 0.15) is 11.5 Å². The standard InChI is InChI=1S/C11H11ClN2O/c1-15-6-5-8-3-2-4-9-10(8)13-7-14-11(9)12/h2-4,7H,5-6H2,1H3. The van der Waals surface area contributed by atoms with E-state index in [4.69, 9.17) is 16.3 Å². The van der Waals surface area contributed by atoms with Gasteiger partial charge in [-0.1, -0.05) is 23.7 Å². The predicted octanol–water partition coefficient (Wildman–Crippen LogP) is 2.47. The second-order valence-corrected chi connectivity index (χ2v) is 3.58. The normalized spacial score (nSPS) is 10.8. The van der Waals surface area contributed by atoms with Gasteiger partial charge in [0.25, 0.3) is 0 Å². The van der Waals surface area contributed by atoms with Crippen LogP contribution in [0.1, 0.15) is 5.56 Å². The number of methoxy groups -OCH3 is 1. The number of rotatable bonds is 3. The maximum atomic E-state index is 5.98. The van der Waals surface area contributed by atoms with Crippen LogP contribution in [-0.4, -0.2) is 23.7 Å². The summed E-state index contributed by atoms with van der Waals surface area (Å²) in [6.45, 7) is 0.681. The average Bonchev–Trinajstić information content (AvgIpc) is 2.27. The van der Waals surface area contributed by atoms with Crippen LogP contribution in [0.3, 0.4) is 0 Å². The number of nitrogens with zero attached hydrogens (tertiary/aromatic N) is 2. The lowest BCUT2D eigenvalue weighted by molar-refractivity contribution is 0.202. The summed E-state index contributed by atoms with van der Waals surface area (Å²) in [7, 11) is 1.69. The van der Waals surface area contributed by atoms with Gasteiger partial charge in [-0.2, -0.15) is 0 Å². The van der Waals surface area contributed by atoms with E-state index in [2.05, 4.69) is 9.97 Å². The maximum absolute atomic E-state index is 5.98. The predicted molar refractivity (Wildman–Crippen MR) is 60.1 cm³/mol. The van der Waals surface area contributed by atoms with E-state index in [9.17, 15) is 0 Å². The van der Waals surface area contributed by atoms with Crippen molar-refractivity contribution in [2.24, 2.45) is 0 Å². The zero-order valence-electron chi connectivity index (χ0n) is 8.40. The van der Waals surface area contributed by atoms with E-state index in [0.29, 0.717) is 11.8 Å². The van der Waals surface area contributed by atoms with Gasteiger partial charge in [0.15, 0.2) is 0 Å². The van der Waals surface area contributed by atoms with Gasteiger partial charge in [-0.05, 0) is 18.1 Å². The van der Waals surface area contributed by atoms with Gasteiger partial charge >= 0.3 is 0 Å². The van der Waals surface area contributed by atoms with E-state index in [1.807, 2.05) is 18.2 Å². The Balaban J connectivity index is 2.51. The summed E-state index contributed by atoms with van der Waals surface area (Å²) < 4.78 is 5.05. The molecule has 2 rings (SSSR count). The second-order valence-electron chi connectivity index (χ2n) is 3.22. The molecule has 3 nitrogen and oxygen atoms in total. The Labute approximate surface area is 93.1 Å². The Morgan fingerprint density at radius 1 is 1.33 bits per heavy atom. The number of para-hydroxylation sites is 1. The van der Waals surface area contributed by atoms with E-state index in [1.165, 1.54) is 6.33 Å². The SMILES string of the molecule is COCCc1cccc2c(Cl)ncnc12. The lowest BCUT2D eigenvalue weighted by Crippen LogP contribution is -1.97. The number of fused-ring (bicyclic) bond motifs is 1. The minimum absolute atomic E-state index is 0.499. The summed E-state index contributed by atoms with van der Waals surface area (Å²) in [6.07, 6.45) is 2.32. The summed E-state index contributed by atoms with van der Waals surface area (Å²) in [5, 5.41) is 1.40. The molecule has 1 aromatic carbocycles. The van der Waals surface area contributed by atoms with Crippen LogP contribution in [0.15, 0.2) is 24.5 Å².